The molecule has 122 valence electrons. The first kappa shape index (κ1) is 15.0. The van der Waals surface area contributed by atoms with Crippen LogP contribution in [0.1, 0.15) is 17.5 Å². The molecule has 0 N–H and O–H groups in total. The van der Waals surface area contributed by atoms with Gasteiger partial charge in [-0.1, -0.05) is 36.9 Å². The van der Waals surface area contributed by atoms with E-state index in [0.717, 1.165) is 24.5 Å². The molecule has 0 aliphatic carbocycles. The van der Waals surface area contributed by atoms with Crippen molar-refractivity contribution in [3.63, 3.8) is 0 Å². The number of aromatic nitrogens is 1. The van der Waals surface area contributed by atoms with E-state index in [-0.39, 0.29) is 0 Å². The predicted octanol–water partition coefficient (Wildman–Crippen LogP) is 3.88. The Morgan fingerprint density at radius 3 is 2.67 bits per heavy atom. The molecule has 3 heteroatoms. The fraction of sp³-hybridized carbons (Fsp3) is 0.286. The van der Waals surface area contributed by atoms with Crippen LogP contribution in [-0.4, -0.2) is 35.1 Å². The molecule has 2 bridgehead atoms. The zero-order valence-corrected chi connectivity index (χ0v) is 14.1. The maximum absolute atomic E-state index is 4.50. The lowest BCUT2D eigenvalue weighted by Gasteiger charge is -2.34. The van der Waals surface area contributed by atoms with Gasteiger partial charge in [0.2, 0.25) is 0 Å². The Kier molecular flexibility index (Phi) is 3.85. The van der Waals surface area contributed by atoms with Crippen LogP contribution in [0, 0.1) is 6.92 Å². The largest absolute Gasteiger partial charge is 0.370 e. The quantitative estimate of drug-likeness (QED) is 0.798. The summed E-state index contributed by atoms with van der Waals surface area (Å²) in [6.07, 6.45) is 7.49. The normalized spacial score (nSPS) is 22.5. The summed E-state index contributed by atoms with van der Waals surface area (Å²) in [6, 6.07) is 15.7. The number of aryl methyl sites for hydroxylation is 1. The van der Waals surface area contributed by atoms with Crippen LogP contribution < -0.4 is 4.90 Å². The second-order valence-electron chi connectivity index (χ2n) is 6.74. The molecule has 1 aromatic carbocycles. The number of fused-ring (bicyclic) bond motifs is 2. The van der Waals surface area contributed by atoms with Crippen LogP contribution in [0.25, 0.3) is 5.57 Å². The maximum atomic E-state index is 4.50. The first-order valence-corrected chi connectivity index (χ1v) is 8.59. The van der Waals surface area contributed by atoms with E-state index >= 15 is 0 Å². The highest BCUT2D eigenvalue weighted by Crippen LogP contribution is 2.34. The van der Waals surface area contributed by atoms with Crippen LogP contribution >= 0.6 is 0 Å². The van der Waals surface area contributed by atoms with Gasteiger partial charge in [-0.2, -0.15) is 0 Å². The molecule has 2 saturated heterocycles. The number of anilines is 1. The molecule has 3 heterocycles. The van der Waals surface area contributed by atoms with E-state index in [0.29, 0.717) is 12.1 Å². The molecule has 0 saturated carbocycles. The average molecular weight is 317 g/mol. The number of hydrogen-bond donors (Lipinski definition) is 0. The Morgan fingerprint density at radius 2 is 1.96 bits per heavy atom. The number of allylic oxidation sites excluding steroid dienone is 2. The second kappa shape index (κ2) is 6.16. The minimum absolute atomic E-state index is 0.571. The number of pyridine rings is 1. The van der Waals surface area contributed by atoms with E-state index in [1.165, 1.54) is 17.5 Å². The molecule has 1 aromatic heterocycles. The van der Waals surface area contributed by atoms with Crippen molar-refractivity contribution in [3.8, 4) is 0 Å². The van der Waals surface area contributed by atoms with Crippen LogP contribution in [0.2, 0.25) is 0 Å². The molecule has 0 radical (unpaired) electrons. The highest BCUT2D eigenvalue weighted by molar-refractivity contribution is 5.73. The standard InChI is InChI=1S/C21H23N3/c1-16-7-3-4-8-20(16)17(2)10-12-23-14-19-13-18(23)15-24(19)21-9-5-6-11-22-21/h3-12,18-19H,2,13-15H2,1H3/b12-10+. The molecule has 2 aliphatic heterocycles. The van der Waals surface area contributed by atoms with Crippen molar-refractivity contribution in [2.75, 3.05) is 18.0 Å². The summed E-state index contributed by atoms with van der Waals surface area (Å²) in [6.45, 7) is 8.50. The van der Waals surface area contributed by atoms with Crippen LogP contribution in [0.4, 0.5) is 5.82 Å². The van der Waals surface area contributed by atoms with Gasteiger partial charge in [-0.15, -0.1) is 0 Å². The molecular formula is C21H23N3. The molecule has 0 spiro atoms. The summed E-state index contributed by atoms with van der Waals surface area (Å²) in [5.41, 5.74) is 3.59. The Hall–Kier alpha value is -2.55. The van der Waals surface area contributed by atoms with E-state index in [1.54, 1.807) is 0 Å². The lowest BCUT2D eigenvalue weighted by Crippen LogP contribution is -2.44. The van der Waals surface area contributed by atoms with Crippen LogP contribution in [-0.2, 0) is 0 Å². The fourth-order valence-electron chi connectivity index (χ4n) is 3.89. The van der Waals surface area contributed by atoms with E-state index in [1.807, 2.05) is 12.3 Å². The van der Waals surface area contributed by atoms with Crippen molar-refractivity contribution in [3.05, 3.63) is 78.6 Å². The lowest BCUT2D eigenvalue weighted by atomic mass is 10.0. The summed E-state index contributed by atoms with van der Waals surface area (Å²) in [4.78, 5) is 9.42. The number of piperazine rings is 1. The van der Waals surface area contributed by atoms with Crippen molar-refractivity contribution in [1.82, 2.24) is 9.88 Å². The lowest BCUT2D eigenvalue weighted by molar-refractivity contribution is 0.328. The van der Waals surface area contributed by atoms with Gasteiger partial charge in [-0.25, -0.2) is 4.98 Å². The third-order valence-corrected chi connectivity index (χ3v) is 5.18. The number of nitrogens with zero attached hydrogens (tertiary/aromatic N) is 3. The fourth-order valence-corrected chi connectivity index (χ4v) is 3.89. The number of benzene rings is 1. The molecule has 3 nitrogen and oxygen atoms in total. The summed E-state index contributed by atoms with van der Waals surface area (Å²) < 4.78 is 0. The van der Waals surface area contributed by atoms with Gasteiger partial charge in [0, 0.05) is 37.6 Å². The first-order valence-electron chi connectivity index (χ1n) is 8.59. The van der Waals surface area contributed by atoms with E-state index in [9.17, 15) is 0 Å². The van der Waals surface area contributed by atoms with Gasteiger partial charge >= 0.3 is 0 Å². The van der Waals surface area contributed by atoms with Crippen LogP contribution in [0.15, 0.2) is 67.5 Å². The molecule has 2 fully saturated rings. The smallest absolute Gasteiger partial charge is 0.128 e. The van der Waals surface area contributed by atoms with Gasteiger partial charge in [-0.05, 0) is 48.3 Å². The van der Waals surface area contributed by atoms with E-state index in [2.05, 4.69) is 77.0 Å². The summed E-state index contributed by atoms with van der Waals surface area (Å²) in [7, 11) is 0. The van der Waals surface area contributed by atoms with Gasteiger partial charge in [0.25, 0.3) is 0 Å². The maximum Gasteiger partial charge on any atom is 0.128 e. The van der Waals surface area contributed by atoms with Crippen molar-refractivity contribution >= 4 is 11.4 Å². The third kappa shape index (κ3) is 2.71. The topological polar surface area (TPSA) is 19.4 Å². The van der Waals surface area contributed by atoms with Crippen LogP contribution in [0.5, 0.6) is 0 Å². The van der Waals surface area contributed by atoms with Gasteiger partial charge in [0.15, 0.2) is 0 Å². The molecular weight excluding hydrogens is 294 g/mol. The number of likely N-dealkylation sites (tertiary alicyclic amines) is 1. The summed E-state index contributed by atoms with van der Waals surface area (Å²) in [5.74, 6) is 1.11. The van der Waals surface area contributed by atoms with E-state index < -0.39 is 0 Å². The minimum Gasteiger partial charge on any atom is -0.370 e. The van der Waals surface area contributed by atoms with Gasteiger partial charge < -0.3 is 9.80 Å². The second-order valence-corrected chi connectivity index (χ2v) is 6.74. The van der Waals surface area contributed by atoms with Crippen molar-refractivity contribution in [1.29, 1.82) is 0 Å². The zero-order valence-electron chi connectivity index (χ0n) is 14.1. The number of hydrogen-bond acceptors (Lipinski definition) is 3. The average Bonchev–Trinajstić information content (AvgIpc) is 3.21. The minimum atomic E-state index is 0.571. The summed E-state index contributed by atoms with van der Waals surface area (Å²) >= 11 is 0. The van der Waals surface area contributed by atoms with Crippen LogP contribution in [0.3, 0.4) is 0 Å². The van der Waals surface area contributed by atoms with Crippen molar-refractivity contribution < 1.29 is 0 Å². The Morgan fingerprint density at radius 1 is 1.12 bits per heavy atom. The monoisotopic (exact) mass is 317 g/mol. The molecule has 2 aliphatic rings. The highest BCUT2D eigenvalue weighted by atomic mass is 15.4. The third-order valence-electron chi connectivity index (χ3n) is 5.18. The highest BCUT2D eigenvalue weighted by Gasteiger charge is 2.42. The zero-order chi connectivity index (χ0) is 16.5. The van der Waals surface area contributed by atoms with E-state index in [4.69, 9.17) is 0 Å². The van der Waals surface area contributed by atoms with Crippen molar-refractivity contribution in [2.45, 2.75) is 25.4 Å². The molecule has 2 atom stereocenters. The Bertz CT molecular complexity index is 766. The molecule has 2 unspecified atom stereocenters. The summed E-state index contributed by atoms with van der Waals surface area (Å²) in [5, 5.41) is 0. The first-order chi connectivity index (χ1) is 11.7. The molecule has 2 aromatic rings. The van der Waals surface area contributed by atoms with Gasteiger partial charge in [-0.3, -0.25) is 0 Å². The SMILES string of the molecule is C=C(/C=C/N1CC2CC1CN2c1ccccn1)c1ccccc1C. The Labute approximate surface area is 143 Å². The van der Waals surface area contributed by atoms with Gasteiger partial charge in [0.1, 0.15) is 5.82 Å². The molecule has 0 amide bonds. The van der Waals surface area contributed by atoms with Crippen molar-refractivity contribution in [2.24, 2.45) is 0 Å². The Balaban J connectivity index is 1.42. The number of rotatable bonds is 4. The van der Waals surface area contributed by atoms with Gasteiger partial charge in [0.05, 0.1) is 0 Å². The predicted molar refractivity (Wildman–Crippen MR) is 99.8 cm³/mol. The molecule has 4 rings (SSSR count). The molecule has 24 heavy (non-hydrogen) atoms.